The minimum absolute atomic E-state index is 0.0195. The van der Waals surface area contributed by atoms with Crippen molar-refractivity contribution in [1.29, 1.82) is 0 Å². The number of anilines is 1. The fourth-order valence-electron chi connectivity index (χ4n) is 2.43. The van der Waals surface area contributed by atoms with Gasteiger partial charge in [-0.3, -0.25) is 4.79 Å². The summed E-state index contributed by atoms with van der Waals surface area (Å²) in [4.78, 5) is 23.1. The highest BCUT2D eigenvalue weighted by Gasteiger charge is 2.13. The number of carboxylic acid groups (broad SMARTS) is 1. The number of aromatic carboxylic acids is 1. The highest BCUT2D eigenvalue weighted by molar-refractivity contribution is 6.00. The summed E-state index contributed by atoms with van der Waals surface area (Å²) in [5.41, 5.74) is 1.70. The number of rotatable bonds is 6. The number of carbonyl (C=O) groups excluding carboxylic acids is 1. The Morgan fingerprint density at radius 3 is 2.80 bits per heavy atom. The van der Waals surface area contributed by atoms with E-state index in [0.29, 0.717) is 11.3 Å². The summed E-state index contributed by atoms with van der Waals surface area (Å²) in [6, 6.07) is 11.4. The van der Waals surface area contributed by atoms with Gasteiger partial charge in [-0.05, 0) is 30.7 Å². The number of ether oxygens (including phenoxy) is 1. The van der Waals surface area contributed by atoms with Crippen molar-refractivity contribution in [2.45, 2.75) is 13.3 Å². The molecular weight excluding hydrogens is 324 g/mol. The van der Waals surface area contributed by atoms with Crippen molar-refractivity contribution in [2.75, 3.05) is 11.9 Å². The predicted octanol–water partition coefficient (Wildman–Crippen LogP) is 3.11. The van der Waals surface area contributed by atoms with E-state index < -0.39 is 11.9 Å². The van der Waals surface area contributed by atoms with Gasteiger partial charge < -0.3 is 19.7 Å². The summed E-state index contributed by atoms with van der Waals surface area (Å²) in [6.07, 6.45) is 0.762. The molecule has 3 aromatic rings. The molecule has 0 spiro atoms. The molecule has 0 unspecified atom stereocenters. The molecule has 0 bridgehead atoms. The van der Waals surface area contributed by atoms with Crippen LogP contribution in [0.25, 0.3) is 11.0 Å². The average molecular weight is 340 g/mol. The number of para-hydroxylation sites is 1. The Balaban J connectivity index is 1.65. The van der Waals surface area contributed by atoms with Crippen LogP contribution >= 0.6 is 0 Å². The van der Waals surface area contributed by atoms with E-state index in [4.69, 9.17) is 14.4 Å². The standard InChI is InChI=1S/C18H16N2O5/c1-2-14-12-8-7-11(9-16(12)25-20-14)24-10-17(21)19-15-6-4-3-5-13(15)18(22)23/h3-9H,2,10H2,1H3,(H,19,21)(H,22,23). The highest BCUT2D eigenvalue weighted by Crippen LogP contribution is 2.24. The summed E-state index contributed by atoms with van der Waals surface area (Å²) in [6.45, 7) is 1.73. The van der Waals surface area contributed by atoms with E-state index in [0.717, 1.165) is 17.5 Å². The summed E-state index contributed by atoms with van der Waals surface area (Å²) >= 11 is 0. The molecule has 2 aromatic carbocycles. The molecule has 0 saturated carbocycles. The molecule has 2 N–H and O–H groups in total. The van der Waals surface area contributed by atoms with Gasteiger partial charge in [-0.2, -0.15) is 0 Å². The SMILES string of the molecule is CCc1noc2cc(OCC(=O)Nc3ccccc3C(=O)O)ccc12. The second-order valence-corrected chi connectivity index (χ2v) is 5.33. The maximum Gasteiger partial charge on any atom is 0.337 e. The van der Waals surface area contributed by atoms with E-state index in [1.54, 1.807) is 24.3 Å². The number of aryl methyl sites for hydroxylation is 1. The zero-order chi connectivity index (χ0) is 17.8. The number of carboxylic acids is 1. The van der Waals surface area contributed by atoms with E-state index in [-0.39, 0.29) is 17.9 Å². The van der Waals surface area contributed by atoms with Crippen LogP contribution in [0.4, 0.5) is 5.69 Å². The van der Waals surface area contributed by atoms with E-state index >= 15 is 0 Å². The van der Waals surface area contributed by atoms with E-state index in [1.165, 1.54) is 12.1 Å². The van der Waals surface area contributed by atoms with Crippen molar-refractivity contribution in [3.05, 3.63) is 53.7 Å². The first kappa shape index (κ1) is 16.5. The van der Waals surface area contributed by atoms with Crippen molar-refractivity contribution >= 4 is 28.5 Å². The van der Waals surface area contributed by atoms with Gasteiger partial charge in [0.2, 0.25) is 0 Å². The number of benzene rings is 2. The third kappa shape index (κ3) is 3.60. The van der Waals surface area contributed by atoms with Crippen LogP contribution in [-0.2, 0) is 11.2 Å². The molecule has 0 fully saturated rings. The summed E-state index contributed by atoms with van der Waals surface area (Å²) in [5, 5.41) is 16.5. The average Bonchev–Trinajstić information content (AvgIpc) is 3.02. The molecule has 7 nitrogen and oxygen atoms in total. The number of amides is 1. The van der Waals surface area contributed by atoms with Gasteiger partial charge in [-0.25, -0.2) is 4.79 Å². The number of nitrogens with zero attached hydrogens (tertiary/aromatic N) is 1. The third-order valence-corrected chi connectivity index (χ3v) is 3.65. The van der Waals surface area contributed by atoms with Crippen molar-refractivity contribution in [1.82, 2.24) is 5.16 Å². The first-order valence-electron chi connectivity index (χ1n) is 7.71. The number of hydrogen-bond donors (Lipinski definition) is 2. The molecule has 1 amide bonds. The molecule has 0 aliphatic rings. The Labute approximate surface area is 143 Å². The van der Waals surface area contributed by atoms with Gasteiger partial charge in [0.05, 0.1) is 16.9 Å². The molecule has 1 heterocycles. The summed E-state index contributed by atoms with van der Waals surface area (Å²) in [7, 11) is 0. The van der Waals surface area contributed by atoms with Crippen molar-refractivity contribution in [2.24, 2.45) is 0 Å². The number of nitrogens with one attached hydrogen (secondary N) is 1. The smallest absolute Gasteiger partial charge is 0.337 e. The van der Waals surface area contributed by atoms with Crippen LogP contribution in [0.5, 0.6) is 5.75 Å². The fraction of sp³-hybridized carbons (Fsp3) is 0.167. The largest absolute Gasteiger partial charge is 0.484 e. The van der Waals surface area contributed by atoms with E-state index in [9.17, 15) is 9.59 Å². The van der Waals surface area contributed by atoms with Crippen LogP contribution in [0.3, 0.4) is 0 Å². The van der Waals surface area contributed by atoms with Gasteiger partial charge in [-0.1, -0.05) is 24.2 Å². The Kier molecular flexibility index (Phi) is 4.65. The number of hydrogen-bond acceptors (Lipinski definition) is 5. The van der Waals surface area contributed by atoms with Crippen LogP contribution in [0.1, 0.15) is 23.0 Å². The lowest BCUT2D eigenvalue weighted by Gasteiger charge is -2.09. The number of fused-ring (bicyclic) bond motifs is 1. The maximum atomic E-state index is 12.0. The van der Waals surface area contributed by atoms with Crippen LogP contribution in [0.2, 0.25) is 0 Å². The molecule has 1 aromatic heterocycles. The molecule has 0 aliphatic carbocycles. The molecule has 128 valence electrons. The van der Waals surface area contributed by atoms with Crippen LogP contribution < -0.4 is 10.1 Å². The Morgan fingerprint density at radius 1 is 1.24 bits per heavy atom. The van der Waals surface area contributed by atoms with Gasteiger partial charge >= 0.3 is 5.97 Å². The topological polar surface area (TPSA) is 102 Å². The van der Waals surface area contributed by atoms with Gasteiger partial charge in [0.15, 0.2) is 12.2 Å². The Hall–Kier alpha value is -3.35. The number of carbonyl (C=O) groups is 2. The number of aromatic nitrogens is 1. The monoisotopic (exact) mass is 340 g/mol. The molecular formula is C18H16N2O5. The molecule has 0 atom stereocenters. The Bertz CT molecular complexity index is 932. The van der Waals surface area contributed by atoms with Crippen LogP contribution in [0.15, 0.2) is 47.0 Å². The van der Waals surface area contributed by atoms with Crippen molar-refractivity contribution in [3.8, 4) is 5.75 Å². The van der Waals surface area contributed by atoms with Crippen LogP contribution in [0, 0.1) is 0 Å². The lowest BCUT2D eigenvalue weighted by molar-refractivity contribution is -0.118. The van der Waals surface area contributed by atoms with Gasteiger partial charge in [-0.15, -0.1) is 0 Å². The second kappa shape index (κ2) is 7.04. The van der Waals surface area contributed by atoms with E-state index in [1.807, 2.05) is 13.0 Å². The minimum Gasteiger partial charge on any atom is -0.484 e. The van der Waals surface area contributed by atoms with Crippen LogP contribution in [-0.4, -0.2) is 28.7 Å². The van der Waals surface area contributed by atoms with E-state index in [2.05, 4.69) is 10.5 Å². The first-order chi connectivity index (χ1) is 12.1. The first-order valence-corrected chi connectivity index (χ1v) is 7.71. The molecule has 25 heavy (non-hydrogen) atoms. The zero-order valence-electron chi connectivity index (χ0n) is 13.5. The highest BCUT2D eigenvalue weighted by atomic mass is 16.5. The maximum absolute atomic E-state index is 12.0. The molecule has 7 heteroatoms. The zero-order valence-corrected chi connectivity index (χ0v) is 13.5. The normalized spacial score (nSPS) is 10.6. The molecule has 0 aliphatic heterocycles. The minimum atomic E-state index is -1.11. The van der Waals surface area contributed by atoms with Crippen molar-refractivity contribution in [3.63, 3.8) is 0 Å². The second-order valence-electron chi connectivity index (χ2n) is 5.33. The van der Waals surface area contributed by atoms with Crippen molar-refractivity contribution < 1.29 is 24.0 Å². The summed E-state index contributed by atoms with van der Waals surface area (Å²) < 4.78 is 10.7. The fourth-order valence-corrected chi connectivity index (χ4v) is 2.43. The lowest BCUT2D eigenvalue weighted by Crippen LogP contribution is -2.21. The van der Waals surface area contributed by atoms with Gasteiger partial charge in [0.1, 0.15) is 5.75 Å². The Morgan fingerprint density at radius 2 is 2.04 bits per heavy atom. The van der Waals surface area contributed by atoms with Gasteiger partial charge in [0, 0.05) is 11.5 Å². The third-order valence-electron chi connectivity index (χ3n) is 3.65. The quantitative estimate of drug-likeness (QED) is 0.715. The molecule has 3 rings (SSSR count). The molecule has 0 radical (unpaired) electrons. The summed E-state index contributed by atoms with van der Waals surface area (Å²) in [5.74, 6) is -1.10. The predicted molar refractivity (Wildman–Crippen MR) is 90.9 cm³/mol. The lowest BCUT2D eigenvalue weighted by atomic mass is 10.2. The molecule has 0 saturated heterocycles. The van der Waals surface area contributed by atoms with Gasteiger partial charge in [0.25, 0.3) is 5.91 Å².